The number of allylic oxidation sites excluding steroid dienone is 1. The first kappa shape index (κ1) is 22.4. The predicted molar refractivity (Wildman–Crippen MR) is 140 cm³/mol. The van der Waals surface area contributed by atoms with Gasteiger partial charge in [0.1, 0.15) is 6.04 Å². The molecular weight excluding hydrogens is 510 g/mol. The Labute approximate surface area is 210 Å². The van der Waals surface area contributed by atoms with Crippen LogP contribution in [0.4, 0.5) is 11.6 Å². The van der Waals surface area contributed by atoms with Gasteiger partial charge in [-0.3, -0.25) is 4.79 Å². The maximum absolute atomic E-state index is 13.5. The van der Waals surface area contributed by atoms with E-state index in [-0.39, 0.29) is 5.91 Å². The van der Waals surface area contributed by atoms with Gasteiger partial charge in [0.25, 0.3) is 5.91 Å². The molecule has 2 N–H and O–H groups in total. The standard InChI is InChI=1S/C26H22BrN5OS/c1-17-22(24(33)29-21-10-6-3-7-11-21)23(19-12-14-20(27)15-13-19)32-25(28-17)30-26(31-32)34-16-18-8-4-2-5-9-18/h2-15,23H,16H2,1H3,(H,29,33)(H,28,30,31). The molecule has 6 nitrogen and oxygen atoms in total. The fourth-order valence-electron chi connectivity index (χ4n) is 3.88. The van der Waals surface area contributed by atoms with Crippen LogP contribution in [0.15, 0.2) is 106 Å². The molecule has 4 aromatic rings. The number of hydrogen-bond donors (Lipinski definition) is 2. The van der Waals surface area contributed by atoms with Gasteiger partial charge in [-0.1, -0.05) is 88.4 Å². The molecule has 0 aliphatic carbocycles. The van der Waals surface area contributed by atoms with Crippen molar-refractivity contribution in [2.75, 3.05) is 10.6 Å². The van der Waals surface area contributed by atoms with Crippen LogP contribution in [0.5, 0.6) is 0 Å². The highest BCUT2D eigenvalue weighted by molar-refractivity contribution is 9.10. The van der Waals surface area contributed by atoms with Crippen molar-refractivity contribution in [2.45, 2.75) is 23.9 Å². The van der Waals surface area contributed by atoms with Crippen LogP contribution in [0.1, 0.15) is 24.1 Å². The van der Waals surface area contributed by atoms with Gasteiger partial charge in [-0.15, -0.1) is 5.10 Å². The number of aromatic nitrogens is 3. The van der Waals surface area contributed by atoms with Crippen molar-refractivity contribution >= 4 is 45.2 Å². The van der Waals surface area contributed by atoms with E-state index in [2.05, 4.69) is 38.7 Å². The first-order chi connectivity index (χ1) is 16.6. The van der Waals surface area contributed by atoms with Gasteiger partial charge in [0.2, 0.25) is 11.1 Å². The van der Waals surface area contributed by atoms with E-state index in [0.29, 0.717) is 16.7 Å². The van der Waals surface area contributed by atoms with Crippen LogP contribution >= 0.6 is 27.7 Å². The molecular formula is C26H22BrN5OS. The third-order valence-corrected chi connectivity index (χ3v) is 6.94. The molecule has 1 unspecified atom stereocenters. The molecule has 2 heterocycles. The smallest absolute Gasteiger partial charge is 0.255 e. The molecule has 0 saturated heterocycles. The summed E-state index contributed by atoms with van der Waals surface area (Å²) in [4.78, 5) is 18.2. The minimum Gasteiger partial charge on any atom is -0.328 e. The Bertz CT molecular complexity index is 1340. The van der Waals surface area contributed by atoms with Crippen LogP contribution in [0.25, 0.3) is 0 Å². The maximum Gasteiger partial charge on any atom is 0.255 e. The number of thioether (sulfide) groups is 1. The van der Waals surface area contributed by atoms with Gasteiger partial charge in [-0.25, -0.2) is 4.68 Å². The first-order valence-corrected chi connectivity index (χ1v) is 12.6. The second-order valence-corrected chi connectivity index (χ2v) is 9.73. The van der Waals surface area contributed by atoms with Gasteiger partial charge in [0.05, 0.1) is 5.57 Å². The van der Waals surface area contributed by atoms with Crippen LogP contribution in [0, 0.1) is 0 Å². The van der Waals surface area contributed by atoms with E-state index in [1.807, 2.05) is 84.4 Å². The second kappa shape index (κ2) is 9.87. The van der Waals surface area contributed by atoms with E-state index < -0.39 is 6.04 Å². The number of carbonyl (C=O) groups is 1. The number of para-hydroxylation sites is 1. The summed E-state index contributed by atoms with van der Waals surface area (Å²) < 4.78 is 2.78. The molecule has 1 aromatic heterocycles. The van der Waals surface area contributed by atoms with Crippen LogP contribution in [-0.2, 0) is 10.5 Å². The summed E-state index contributed by atoms with van der Waals surface area (Å²) in [6.45, 7) is 1.90. The van der Waals surface area contributed by atoms with E-state index in [0.717, 1.165) is 27.2 Å². The molecule has 1 amide bonds. The quantitative estimate of drug-likeness (QED) is 0.287. The SMILES string of the molecule is CC1=C(C(=O)Nc2ccccc2)C(c2ccc(Br)cc2)n2nc(SCc3ccccc3)nc2N1. The second-order valence-electron chi connectivity index (χ2n) is 7.87. The molecule has 3 aromatic carbocycles. The topological polar surface area (TPSA) is 71.8 Å². The number of nitrogens with one attached hydrogen (secondary N) is 2. The summed E-state index contributed by atoms with van der Waals surface area (Å²) in [5.74, 6) is 1.21. The zero-order valence-electron chi connectivity index (χ0n) is 18.4. The molecule has 1 aliphatic rings. The van der Waals surface area contributed by atoms with Gasteiger partial charge in [0.15, 0.2) is 0 Å². The monoisotopic (exact) mass is 531 g/mol. The number of carbonyl (C=O) groups excluding carboxylic acids is 1. The average molecular weight is 532 g/mol. The number of fused-ring (bicyclic) bond motifs is 1. The van der Waals surface area contributed by atoms with Crippen LogP contribution < -0.4 is 10.6 Å². The Morgan fingerprint density at radius 2 is 1.71 bits per heavy atom. The zero-order chi connectivity index (χ0) is 23.5. The minimum absolute atomic E-state index is 0.177. The van der Waals surface area contributed by atoms with Gasteiger partial charge in [-0.05, 0) is 42.3 Å². The fraction of sp³-hybridized carbons (Fsp3) is 0.115. The summed E-state index contributed by atoms with van der Waals surface area (Å²) in [5.41, 5.74) is 4.25. The Balaban J connectivity index is 1.49. The van der Waals surface area contributed by atoms with Gasteiger partial charge >= 0.3 is 0 Å². The molecule has 8 heteroatoms. The molecule has 0 saturated carbocycles. The lowest BCUT2D eigenvalue weighted by Gasteiger charge is -2.28. The Morgan fingerprint density at radius 3 is 2.41 bits per heavy atom. The first-order valence-electron chi connectivity index (χ1n) is 10.8. The summed E-state index contributed by atoms with van der Waals surface area (Å²) in [6.07, 6.45) is 0. The molecule has 34 heavy (non-hydrogen) atoms. The van der Waals surface area contributed by atoms with Crippen LogP contribution in [0.2, 0.25) is 0 Å². The normalized spacial score (nSPS) is 14.9. The number of hydrogen-bond acceptors (Lipinski definition) is 5. The Hall–Kier alpha value is -3.36. The number of rotatable bonds is 6. The van der Waals surface area contributed by atoms with E-state index in [1.54, 1.807) is 11.8 Å². The van der Waals surface area contributed by atoms with Gasteiger partial charge < -0.3 is 10.6 Å². The van der Waals surface area contributed by atoms with Crippen molar-refractivity contribution in [1.29, 1.82) is 0 Å². The van der Waals surface area contributed by atoms with E-state index in [4.69, 9.17) is 10.1 Å². The summed E-state index contributed by atoms with van der Waals surface area (Å²) in [7, 11) is 0. The highest BCUT2D eigenvalue weighted by atomic mass is 79.9. The number of amides is 1. The van der Waals surface area contributed by atoms with Crippen molar-refractivity contribution in [3.05, 3.63) is 112 Å². The number of nitrogens with zero attached hydrogens (tertiary/aromatic N) is 3. The highest BCUT2D eigenvalue weighted by Crippen LogP contribution is 2.37. The third-order valence-electron chi connectivity index (χ3n) is 5.51. The number of benzene rings is 3. The average Bonchev–Trinajstić information content (AvgIpc) is 3.26. The number of anilines is 2. The molecule has 170 valence electrons. The van der Waals surface area contributed by atoms with Crippen LogP contribution in [-0.4, -0.2) is 20.7 Å². The van der Waals surface area contributed by atoms with E-state index >= 15 is 0 Å². The largest absolute Gasteiger partial charge is 0.328 e. The van der Waals surface area contributed by atoms with Crippen molar-refractivity contribution in [2.24, 2.45) is 0 Å². The van der Waals surface area contributed by atoms with Crippen molar-refractivity contribution in [1.82, 2.24) is 14.8 Å². The lowest BCUT2D eigenvalue weighted by molar-refractivity contribution is -0.113. The maximum atomic E-state index is 13.5. The predicted octanol–water partition coefficient (Wildman–Crippen LogP) is 6.26. The Morgan fingerprint density at radius 1 is 1.03 bits per heavy atom. The van der Waals surface area contributed by atoms with Gasteiger partial charge in [0, 0.05) is 21.6 Å². The fourth-order valence-corrected chi connectivity index (χ4v) is 4.93. The van der Waals surface area contributed by atoms with Crippen molar-refractivity contribution in [3.8, 4) is 0 Å². The Kier molecular flexibility index (Phi) is 6.51. The molecule has 0 spiro atoms. The lowest BCUT2D eigenvalue weighted by atomic mass is 9.95. The lowest BCUT2D eigenvalue weighted by Crippen LogP contribution is -2.31. The van der Waals surface area contributed by atoms with Gasteiger partial charge in [-0.2, -0.15) is 4.98 Å². The molecule has 0 fully saturated rings. The summed E-state index contributed by atoms with van der Waals surface area (Å²) in [6, 6.07) is 27.2. The molecule has 0 radical (unpaired) electrons. The molecule has 1 atom stereocenters. The van der Waals surface area contributed by atoms with E-state index in [9.17, 15) is 4.79 Å². The molecule has 0 bridgehead atoms. The van der Waals surface area contributed by atoms with Crippen LogP contribution in [0.3, 0.4) is 0 Å². The summed E-state index contributed by atoms with van der Waals surface area (Å²) >= 11 is 5.08. The number of halogens is 1. The zero-order valence-corrected chi connectivity index (χ0v) is 20.8. The third kappa shape index (κ3) is 4.78. The minimum atomic E-state index is -0.411. The van der Waals surface area contributed by atoms with Crippen molar-refractivity contribution < 1.29 is 4.79 Å². The highest BCUT2D eigenvalue weighted by Gasteiger charge is 2.34. The van der Waals surface area contributed by atoms with E-state index in [1.165, 1.54) is 5.56 Å². The van der Waals surface area contributed by atoms with Crippen molar-refractivity contribution in [3.63, 3.8) is 0 Å². The summed E-state index contributed by atoms with van der Waals surface area (Å²) in [5, 5.41) is 11.8. The molecule has 1 aliphatic heterocycles. The molecule has 5 rings (SSSR count).